The molecule has 0 saturated heterocycles. The van der Waals surface area contributed by atoms with Gasteiger partial charge in [-0.25, -0.2) is 4.39 Å². The van der Waals surface area contributed by atoms with Gasteiger partial charge in [-0.05, 0) is 31.0 Å². The first-order valence-corrected chi connectivity index (χ1v) is 5.21. The van der Waals surface area contributed by atoms with Crippen LogP contribution in [0.15, 0.2) is 24.3 Å². The fraction of sp³-hybridized carbons (Fsp3) is 0.308. The Bertz CT molecular complexity index is 397. The monoisotopic (exact) mass is 222 g/mol. The average Bonchev–Trinajstić information content (AvgIpc) is 2.24. The lowest BCUT2D eigenvalue weighted by atomic mass is 10.1. The van der Waals surface area contributed by atoms with Gasteiger partial charge in [0.1, 0.15) is 5.82 Å². The number of aryl methyl sites for hydroxylation is 1. The van der Waals surface area contributed by atoms with Crippen LogP contribution in [-0.4, -0.2) is 12.6 Å². The van der Waals surface area contributed by atoms with Crippen molar-refractivity contribution in [3.63, 3.8) is 0 Å². The summed E-state index contributed by atoms with van der Waals surface area (Å²) in [6, 6.07) is 4.95. The SMILES string of the molecule is CCOC(=O)CC=Cc1ccc(C)c(F)c1. The van der Waals surface area contributed by atoms with Crippen molar-refractivity contribution in [2.75, 3.05) is 6.61 Å². The molecule has 0 saturated carbocycles. The van der Waals surface area contributed by atoms with Gasteiger partial charge >= 0.3 is 5.97 Å². The quantitative estimate of drug-likeness (QED) is 0.732. The van der Waals surface area contributed by atoms with Crippen LogP contribution in [0.4, 0.5) is 4.39 Å². The van der Waals surface area contributed by atoms with E-state index in [0.29, 0.717) is 12.2 Å². The summed E-state index contributed by atoms with van der Waals surface area (Å²) in [5, 5.41) is 0. The smallest absolute Gasteiger partial charge is 0.309 e. The largest absolute Gasteiger partial charge is 0.466 e. The first kappa shape index (κ1) is 12.4. The van der Waals surface area contributed by atoms with E-state index in [1.54, 1.807) is 38.1 Å². The second kappa shape index (κ2) is 6.05. The maximum absolute atomic E-state index is 13.2. The van der Waals surface area contributed by atoms with Gasteiger partial charge in [0.25, 0.3) is 0 Å². The second-order valence-corrected chi connectivity index (χ2v) is 3.42. The van der Waals surface area contributed by atoms with Crippen LogP contribution >= 0.6 is 0 Å². The molecular weight excluding hydrogens is 207 g/mol. The van der Waals surface area contributed by atoms with Gasteiger partial charge in [0, 0.05) is 0 Å². The maximum Gasteiger partial charge on any atom is 0.309 e. The van der Waals surface area contributed by atoms with E-state index in [0.717, 1.165) is 5.56 Å². The van der Waals surface area contributed by atoms with Gasteiger partial charge in [-0.2, -0.15) is 0 Å². The van der Waals surface area contributed by atoms with E-state index in [9.17, 15) is 9.18 Å². The first-order valence-electron chi connectivity index (χ1n) is 5.21. The van der Waals surface area contributed by atoms with E-state index in [2.05, 4.69) is 0 Å². The molecule has 0 amide bonds. The molecule has 1 aromatic carbocycles. The van der Waals surface area contributed by atoms with Crippen molar-refractivity contribution in [3.8, 4) is 0 Å². The lowest BCUT2D eigenvalue weighted by molar-refractivity contribution is -0.142. The van der Waals surface area contributed by atoms with E-state index in [-0.39, 0.29) is 18.2 Å². The summed E-state index contributed by atoms with van der Waals surface area (Å²) in [5.41, 5.74) is 1.36. The molecule has 0 aliphatic rings. The lowest BCUT2D eigenvalue weighted by Gasteiger charge is -1.98. The summed E-state index contributed by atoms with van der Waals surface area (Å²) >= 11 is 0. The fourth-order valence-electron chi connectivity index (χ4n) is 1.22. The van der Waals surface area contributed by atoms with Crippen LogP contribution in [0.3, 0.4) is 0 Å². The third-order valence-electron chi connectivity index (χ3n) is 2.10. The van der Waals surface area contributed by atoms with Crippen LogP contribution in [0.2, 0.25) is 0 Å². The number of benzene rings is 1. The normalized spacial score (nSPS) is 10.7. The highest BCUT2D eigenvalue weighted by molar-refractivity contribution is 5.72. The predicted molar refractivity (Wildman–Crippen MR) is 61.4 cm³/mol. The Balaban J connectivity index is 2.56. The zero-order chi connectivity index (χ0) is 12.0. The van der Waals surface area contributed by atoms with Crippen LogP contribution in [-0.2, 0) is 9.53 Å². The molecule has 16 heavy (non-hydrogen) atoms. The molecule has 0 radical (unpaired) electrons. The Kier molecular flexibility index (Phi) is 4.70. The van der Waals surface area contributed by atoms with Crippen molar-refractivity contribution in [1.82, 2.24) is 0 Å². The van der Waals surface area contributed by atoms with Gasteiger partial charge in [0.05, 0.1) is 13.0 Å². The highest BCUT2D eigenvalue weighted by Crippen LogP contribution is 2.10. The lowest BCUT2D eigenvalue weighted by Crippen LogP contribution is -2.01. The zero-order valence-corrected chi connectivity index (χ0v) is 9.50. The number of ether oxygens (including phenoxy) is 1. The highest BCUT2D eigenvalue weighted by Gasteiger charge is 1.98. The predicted octanol–water partition coefficient (Wildman–Crippen LogP) is 3.10. The highest BCUT2D eigenvalue weighted by atomic mass is 19.1. The van der Waals surface area contributed by atoms with Crippen molar-refractivity contribution < 1.29 is 13.9 Å². The fourth-order valence-corrected chi connectivity index (χ4v) is 1.22. The molecule has 86 valence electrons. The number of carbonyl (C=O) groups is 1. The van der Waals surface area contributed by atoms with Crippen LogP contribution in [0.1, 0.15) is 24.5 Å². The van der Waals surface area contributed by atoms with Gasteiger partial charge in [-0.1, -0.05) is 24.3 Å². The number of hydrogen-bond donors (Lipinski definition) is 0. The van der Waals surface area contributed by atoms with Crippen molar-refractivity contribution in [2.24, 2.45) is 0 Å². The summed E-state index contributed by atoms with van der Waals surface area (Å²) in [6.45, 7) is 3.85. The van der Waals surface area contributed by atoms with Crippen molar-refractivity contribution in [1.29, 1.82) is 0 Å². The molecule has 0 fully saturated rings. The van der Waals surface area contributed by atoms with Crippen LogP contribution in [0.25, 0.3) is 6.08 Å². The molecule has 0 N–H and O–H groups in total. The Morgan fingerprint density at radius 3 is 2.88 bits per heavy atom. The van der Waals surface area contributed by atoms with Crippen LogP contribution < -0.4 is 0 Å². The number of carbonyl (C=O) groups excluding carboxylic acids is 1. The molecule has 0 aromatic heterocycles. The van der Waals surface area contributed by atoms with Gasteiger partial charge in [-0.15, -0.1) is 0 Å². The van der Waals surface area contributed by atoms with Crippen molar-refractivity contribution in [2.45, 2.75) is 20.3 Å². The molecule has 3 heteroatoms. The number of hydrogen-bond acceptors (Lipinski definition) is 2. The van der Waals surface area contributed by atoms with E-state index < -0.39 is 0 Å². The van der Waals surface area contributed by atoms with E-state index in [4.69, 9.17) is 4.74 Å². The number of halogens is 1. The van der Waals surface area contributed by atoms with Crippen molar-refractivity contribution >= 4 is 12.0 Å². The summed E-state index contributed by atoms with van der Waals surface area (Å²) in [5.74, 6) is -0.510. The molecule has 0 bridgehead atoms. The van der Waals surface area contributed by atoms with E-state index in [1.807, 2.05) is 0 Å². The number of rotatable bonds is 4. The third-order valence-corrected chi connectivity index (χ3v) is 2.10. The molecule has 0 atom stereocenters. The Hall–Kier alpha value is -1.64. The van der Waals surface area contributed by atoms with Gasteiger partial charge < -0.3 is 4.74 Å². The number of esters is 1. The van der Waals surface area contributed by atoms with Gasteiger partial charge in [0.2, 0.25) is 0 Å². The van der Waals surface area contributed by atoms with Crippen LogP contribution in [0.5, 0.6) is 0 Å². The molecule has 2 nitrogen and oxygen atoms in total. The molecule has 0 heterocycles. The molecule has 0 aliphatic heterocycles. The molecule has 0 unspecified atom stereocenters. The average molecular weight is 222 g/mol. The molecular formula is C13H15FO2. The van der Waals surface area contributed by atoms with Gasteiger partial charge in [0.15, 0.2) is 0 Å². The molecule has 0 aliphatic carbocycles. The Morgan fingerprint density at radius 2 is 2.25 bits per heavy atom. The van der Waals surface area contributed by atoms with Crippen LogP contribution in [0, 0.1) is 12.7 Å². The van der Waals surface area contributed by atoms with E-state index in [1.165, 1.54) is 6.07 Å². The second-order valence-electron chi connectivity index (χ2n) is 3.42. The van der Waals surface area contributed by atoms with Gasteiger partial charge in [-0.3, -0.25) is 4.79 Å². The third kappa shape index (κ3) is 3.85. The summed E-state index contributed by atoms with van der Waals surface area (Å²) in [4.78, 5) is 11.0. The molecule has 1 aromatic rings. The standard InChI is InChI=1S/C13H15FO2/c1-3-16-13(15)6-4-5-11-8-7-10(2)12(14)9-11/h4-5,7-9H,3,6H2,1-2H3. The summed E-state index contributed by atoms with van der Waals surface area (Å²) in [7, 11) is 0. The maximum atomic E-state index is 13.2. The minimum absolute atomic E-state index is 0.212. The zero-order valence-electron chi connectivity index (χ0n) is 9.50. The summed E-state index contributed by atoms with van der Waals surface area (Å²) in [6.07, 6.45) is 3.59. The topological polar surface area (TPSA) is 26.3 Å². The Labute approximate surface area is 94.7 Å². The minimum atomic E-state index is -0.272. The molecule has 0 spiro atoms. The van der Waals surface area contributed by atoms with Crippen molar-refractivity contribution in [3.05, 3.63) is 41.2 Å². The Morgan fingerprint density at radius 1 is 1.50 bits per heavy atom. The first-order chi connectivity index (χ1) is 7.63. The molecule has 1 rings (SSSR count). The minimum Gasteiger partial charge on any atom is -0.466 e. The van der Waals surface area contributed by atoms with E-state index >= 15 is 0 Å². The summed E-state index contributed by atoms with van der Waals surface area (Å²) < 4.78 is 17.9.